The van der Waals surface area contributed by atoms with Crippen molar-refractivity contribution < 1.29 is 5.11 Å². The van der Waals surface area contributed by atoms with Crippen LogP contribution in [0.1, 0.15) is 25.7 Å². The van der Waals surface area contributed by atoms with Gasteiger partial charge in [0.25, 0.3) is 0 Å². The molecule has 18 heavy (non-hydrogen) atoms. The minimum Gasteiger partial charge on any atom is -0.392 e. The van der Waals surface area contributed by atoms with E-state index in [1.807, 2.05) is 0 Å². The second-order valence-corrected chi connectivity index (χ2v) is 6.44. The molecule has 0 amide bonds. The molecule has 2 unspecified atom stereocenters. The van der Waals surface area contributed by atoms with Gasteiger partial charge in [-0.2, -0.15) is 0 Å². The highest BCUT2D eigenvalue weighted by Crippen LogP contribution is 2.50. The summed E-state index contributed by atoms with van der Waals surface area (Å²) in [4.78, 5) is 4.58. The molecular weight excluding hydrogens is 228 g/mol. The van der Waals surface area contributed by atoms with Gasteiger partial charge in [-0.25, -0.2) is 0 Å². The molecular formula is C13H26N4O. The predicted molar refractivity (Wildman–Crippen MR) is 72.7 cm³/mol. The molecule has 0 spiro atoms. The quantitative estimate of drug-likeness (QED) is 0.464. The maximum atomic E-state index is 9.85. The highest BCUT2D eigenvalue weighted by molar-refractivity contribution is 5.78. The van der Waals surface area contributed by atoms with Crippen molar-refractivity contribution in [2.45, 2.75) is 37.8 Å². The minimum absolute atomic E-state index is 0.192. The van der Waals surface area contributed by atoms with Gasteiger partial charge in [-0.05, 0) is 38.8 Å². The topological polar surface area (TPSA) is 76.6 Å². The fourth-order valence-electron chi connectivity index (χ4n) is 3.16. The summed E-state index contributed by atoms with van der Waals surface area (Å²) in [6, 6.07) is 0.444. The zero-order chi connectivity index (χ0) is 13.3. The molecule has 0 aromatic heterocycles. The van der Waals surface area contributed by atoms with Crippen LogP contribution in [0.3, 0.4) is 0 Å². The first-order chi connectivity index (χ1) is 8.40. The van der Waals surface area contributed by atoms with Crippen molar-refractivity contribution in [2.24, 2.45) is 11.1 Å². The van der Waals surface area contributed by atoms with E-state index >= 15 is 0 Å². The van der Waals surface area contributed by atoms with Crippen molar-refractivity contribution in [3.05, 3.63) is 0 Å². The molecule has 5 nitrogen and oxygen atoms in total. The molecule has 0 bridgehead atoms. The average Bonchev–Trinajstić information content (AvgIpc) is 2.85. The van der Waals surface area contributed by atoms with Crippen molar-refractivity contribution in [1.29, 1.82) is 5.41 Å². The van der Waals surface area contributed by atoms with Crippen molar-refractivity contribution in [3.63, 3.8) is 0 Å². The summed E-state index contributed by atoms with van der Waals surface area (Å²) >= 11 is 0. The first kappa shape index (κ1) is 13.8. The number of hydrogen-bond acceptors (Lipinski definition) is 4. The molecule has 0 aromatic rings. The maximum absolute atomic E-state index is 9.85. The Balaban J connectivity index is 1.92. The summed E-state index contributed by atoms with van der Waals surface area (Å²) in [6.45, 7) is 2.76. The van der Waals surface area contributed by atoms with E-state index in [4.69, 9.17) is 11.1 Å². The summed E-state index contributed by atoms with van der Waals surface area (Å²) in [7, 11) is 4.15. The molecule has 1 aliphatic carbocycles. The lowest BCUT2D eigenvalue weighted by molar-refractivity contribution is 0.155. The van der Waals surface area contributed by atoms with Gasteiger partial charge >= 0.3 is 0 Å². The lowest BCUT2D eigenvalue weighted by Crippen LogP contribution is -2.41. The first-order valence-corrected chi connectivity index (χ1v) is 6.80. The molecule has 1 aliphatic heterocycles. The molecule has 1 heterocycles. The SMILES string of the molecule is CN(C)CC1CC(O)CN1CC1(CC(=N)N)CC1. The summed E-state index contributed by atoms with van der Waals surface area (Å²) in [6.07, 6.45) is 3.74. The molecule has 2 aliphatic rings. The number of rotatable bonds is 6. The smallest absolute Gasteiger partial charge is 0.0911 e. The zero-order valence-electron chi connectivity index (χ0n) is 11.5. The average molecular weight is 254 g/mol. The monoisotopic (exact) mass is 254 g/mol. The molecule has 104 valence electrons. The molecule has 1 saturated heterocycles. The Bertz CT molecular complexity index is 314. The highest BCUT2D eigenvalue weighted by Gasteiger charge is 2.46. The van der Waals surface area contributed by atoms with Crippen LogP contribution >= 0.6 is 0 Å². The lowest BCUT2D eigenvalue weighted by atomic mass is 10.0. The summed E-state index contributed by atoms with van der Waals surface area (Å²) < 4.78 is 0. The number of likely N-dealkylation sites (tertiary alicyclic amines) is 1. The number of nitrogens with one attached hydrogen (secondary N) is 1. The van der Waals surface area contributed by atoms with E-state index in [0.717, 1.165) is 26.1 Å². The van der Waals surface area contributed by atoms with E-state index < -0.39 is 0 Å². The summed E-state index contributed by atoms with van der Waals surface area (Å²) in [5, 5.41) is 17.3. The van der Waals surface area contributed by atoms with Gasteiger partial charge in [0, 0.05) is 32.1 Å². The molecule has 0 radical (unpaired) electrons. The number of likely N-dealkylation sites (N-methyl/N-ethyl adjacent to an activating group) is 1. The van der Waals surface area contributed by atoms with E-state index in [1.54, 1.807) is 0 Å². The lowest BCUT2D eigenvalue weighted by Gasteiger charge is -2.30. The predicted octanol–water partition coefficient (Wildman–Crippen LogP) is 0.0895. The third-order valence-electron chi connectivity index (χ3n) is 4.14. The third-order valence-corrected chi connectivity index (χ3v) is 4.14. The zero-order valence-corrected chi connectivity index (χ0v) is 11.5. The van der Waals surface area contributed by atoms with E-state index in [0.29, 0.717) is 18.3 Å². The molecule has 1 saturated carbocycles. The summed E-state index contributed by atoms with van der Waals surface area (Å²) in [5.74, 6) is 0.302. The van der Waals surface area contributed by atoms with Gasteiger partial charge in [0.05, 0.1) is 11.9 Å². The maximum Gasteiger partial charge on any atom is 0.0911 e. The van der Waals surface area contributed by atoms with Crippen molar-refractivity contribution in [3.8, 4) is 0 Å². The van der Waals surface area contributed by atoms with Crippen molar-refractivity contribution in [2.75, 3.05) is 33.7 Å². The molecule has 2 fully saturated rings. The van der Waals surface area contributed by atoms with Gasteiger partial charge in [0.2, 0.25) is 0 Å². The largest absolute Gasteiger partial charge is 0.392 e. The van der Waals surface area contributed by atoms with Crippen molar-refractivity contribution >= 4 is 5.84 Å². The Morgan fingerprint density at radius 2 is 2.17 bits per heavy atom. The van der Waals surface area contributed by atoms with Crippen LogP contribution in [-0.2, 0) is 0 Å². The number of nitrogens with two attached hydrogens (primary N) is 1. The third kappa shape index (κ3) is 3.43. The van der Waals surface area contributed by atoms with Crippen LogP contribution in [0.5, 0.6) is 0 Å². The minimum atomic E-state index is -0.192. The van der Waals surface area contributed by atoms with Crippen LogP contribution in [-0.4, -0.2) is 66.6 Å². The van der Waals surface area contributed by atoms with Gasteiger partial charge in [-0.1, -0.05) is 0 Å². The number of amidine groups is 1. The standard InChI is InChI=1S/C13H26N4O/c1-16(2)7-10-5-11(18)8-17(10)9-13(3-4-13)6-12(14)15/h10-11,18H,3-9H2,1-2H3,(H3,14,15). The molecule has 2 rings (SSSR count). The van der Waals surface area contributed by atoms with E-state index in [2.05, 4.69) is 23.9 Å². The van der Waals surface area contributed by atoms with Crippen molar-refractivity contribution in [1.82, 2.24) is 9.80 Å². The molecule has 5 heteroatoms. The van der Waals surface area contributed by atoms with Crippen LogP contribution in [0.15, 0.2) is 0 Å². The number of hydrogen-bond donors (Lipinski definition) is 3. The van der Waals surface area contributed by atoms with Crippen LogP contribution < -0.4 is 5.73 Å². The van der Waals surface area contributed by atoms with Gasteiger partial charge in [-0.3, -0.25) is 10.3 Å². The van der Waals surface area contributed by atoms with Gasteiger partial charge in [0.15, 0.2) is 0 Å². The Kier molecular flexibility index (Phi) is 3.94. The second kappa shape index (κ2) is 5.15. The van der Waals surface area contributed by atoms with E-state index in [1.165, 1.54) is 12.8 Å². The van der Waals surface area contributed by atoms with Gasteiger partial charge < -0.3 is 15.7 Å². The number of aliphatic hydroxyl groups is 1. The molecule has 2 atom stereocenters. The van der Waals surface area contributed by atoms with Gasteiger partial charge in [0.1, 0.15) is 0 Å². The second-order valence-electron chi connectivity index (χ2n) is 6.44. The fourth-order valence-corrected chi connectivity index (χ4v) is 3.16. The van der Waals surface area contributed by atoms with Crippen LogP contribution in [0.25, 0.3) is 0 Å². The number of β-amino-alcohol motifs (C(OH)–C–C–N with tert-alkyl or cyclic N) is 1. The Labute approximate surface area is 109 Å². The first-order valence-electron chi connectivity index (χ1n) is 6.80. The molecule has 4 N–H and O–H groups in total. The van der Waals surface area contributed by atoms with E-state index in [9.17, 15) is 5.11 Å². The summed E-state index contributed by atoms with van der Waals surface area (Å²) in [5.41, 5.74) is 5.78. The number of aliphatic hydroxyl groups excluding tert-OH is 1. The normalized spacial score (nSPS) is 30.9. The Morgan fingerprint density at radius 1 is 1.50 bits per heavy atom. The highest BCUT2D eigenvalue weighted by atomic mass is 16.3. The van der Waals surface area contributed by atoms with Crippen LogP contribution in [0.2, 0.25) is 0 Å². The molecule has 0 aromatic carbocycles. The van der Waals surface area contributed by atoms with E-state index in [-0.39, 0.29) is 11.5 Å². The fraction of sp³-hybridized carbons (Fsp3) is 0.923. The van der Waals surface area contributed by atoms with Gasteiger partial charge in [-0.15, -0.1) is 0 Å². The Hall–Kier alpha value is -0.650. The number of nitrogens with zero attached hydrogens (tertiary/aromatic N) is 2. The van der Waals surface area contributed by atoms with Crippen LogP contribution in [0, 0.1) is 10.8 Å². The Morgan fingerprint density at radius 3 is 2.67 bits per heavy atom. The van der Waals surface area contributed by atoms with Crippen LogP contribution in [0.4, 0.5) is 0 Å².